The lowest BCUT2D eigenvalue weighted by Crippen LogP contribution is -1.87. The van der Waals surface area contributed by atoms with Crippen LogP contribution in [0.5, 0.6) is 0 Å². The Hall–Kier alpha value is -2.72. The molecule has 0 amide bonds. The van der Waals surface area contributed by atoms with E-state index < -0.39 is 0 Å². The van der Waals surface area contributed by atoms with E-state index in [2.05, 4.69) is 62.5 Å². The van der Waals surface area contributed by atoms with E-state index in [1.807, 2.05) is 42.5 Å². The van der Waals surface area contributed by atoms with Crippen LogP contribution in [0, 0.1) is 0 Å². The lowest BCUT2D eigenvalue weighted by Gasteiger charge is -1.98. The highest BCUT2D eigenvalue weighted by Crippen LogP contribution is 2.18. The second-order valence-corrected chi connectivity index (χ2v) is 6.70. The van der Waals surface area contributed by atoms with Crippen LogP contribution < -0.4 is 0 Å². The maximum absolute atomic E-state index is 5.71. The molecule has 0 aliphatic carbocycles. The minimum Gasteiger partial charge on any atom is -0.421 e. The molecule has 1 aromatic heterocycles. The molecular weight excluding hydrogens is 376 g/mol. The first-order valence-corrected chi connectivity index (χ1v) is 8.79. The molecule has 0 saturated heterocycles. The summed E-state index contributed by atoms with van der Waals surface area (Å²) in [5.74, 6) is 1.12. The van der Waals surface area contributed by atoms with Gasteiger partial charge in [-0.05, 0) is 46.2 Å². The van der Waals surface area contributed by atoms with Gasteiger partial charge in [0, 0.05) is 10.5 Å². The van der Waals surface area contributed by atoms with Gasteiger partial charge in [-0.2, -0.15) is 0 Å². The van der Waals surface area contributed by atoms with Crippen molar-refractivity contribution in [3.8, 4) is 0 Å². The van der Waals surface area contributed by atoms with E-state index in [9.17, 15) is 0 Å². The van der Waals surface area contributed by atoms with Gasteiger partial charge in [-0.1, -0.05) is 64.5 Å². The number of benzene rings is 3. The third kappa shape index (κ3) is 3.86. The van der Waals surface area contributed by atoms with Crippen molar-refractivity contribution in [3.63, 3.8) is 0 Å². The van der Waals surface area contributed by atoms with Gasteiger partial charge in [-0.25, -0.2) is 0 Å². The first-order valence-electron chi connectivity index (χ1n) is 8.00. The van der Waals surface area contributed by atoms with Gasteiger partial charge < -0.3 is 4.42 Å². The Morgan fingerprint density at radius 1 is 0.840 bits per heavy atom. The molecule has 25 heavy (non-hydrogen) atoms. The predicted molar refractivity (Wildman–Crippen MR) is 104 cm³/mol. The monoisotopic (exact) mass is 390 g/mol. The zero-order valence-electron chi connectivity index (χ0n) is 13.4. The summed E-state index contributed by atoms with van der Waals surface area (Å²) in [6.45, 7) is 0. The number of halogens is 1. The first kappa shape index (κ1) is 15.8. The zero-order valence-corrected chi connectivity index (χ0v) is 15.0. The van der Waals surface area contributed by atoms with Crippen LogP contribution in [0.25, 0.3) is 22.9 Å². The van der Waals surface area contributed by atoms with E-state index in [1.165, 1.54) is 10.8 Å². The Morgan fingerprint density at radius 2 is 1.72 bits per heavy atom. The molecule has 0 saturated carbocycles. The molecule has 0 spiro atoms. The van der Waals surface area contributed by atoms with Gasteiger partial charge >= 0.3 is 0 Å². The molecule has 4 heteroatoms. The van der Waals surface area contributed by atoms with Crippen molar-refractivity contribution < 1.29 is 4.42 Å². The predicted octanol–water partition coefficient (Wildman–Crippen LogP) is 5.75. The Labute approximate surface area is 154 Å². The molecule has 0 unspecified atom stereocenters. The largest absolute Gasteiger partial charge is 0.421 e. The number of hydrogen-bond donors (Lipinski definition) is 0. The molecule has 0 fully saturated rings. The molecule has 0 atom stereocenters. The summed E-state index contributed by atoms with van der Waals surface area (Å²) >= 11 is 3.47. The Kier molecular flexibility index (Phi) is 4.44. The molecule has 4 rings (SSSR count). The first-order chi connectivity index (χ1) is 12.3. The number of hydrogen-bond acceptors (Lipinski definition) is 3. The van der Waals surface area contributed by atoms with Crippen molar-refractivity contribution >= 4 is 38.9 Å². The fourth-order valence-corrected chi connectivity index (χ4v) is 3.15. The highest BCUT2D eigenvalue weighted by Gasteiger charge is 2.05. The normalized spacial score (nSPS) is 11.4. The Bertz CT molecular complexity index is 1050. The number of rotatable bonds is 4. The van der Waals surface area contributed by atoms with E-state index in [0.717, 1.165) is 15.6 Å². The minimum absolute atomic E-state index is 0.512. The van der Waals surface area contributed by atoms with Gasteiger partial charge in [-0.3, -0.25) is 0 Å². The lowest BCUT2D eigenvalue weighted by atomic mass is 10.1. The molecular formula is C21H15BrN2O. The summed E-state index contributed by atoms with van der Waals surface area (Å²) in [5, 5.41) is 10.7. The van der Waals surface area contributed by atoms with Gasteiger partial charge in [0.05, 0.1) is 6.42 Å². The van der Waals surface area contributed by atoms with E-state index in [0.29, 0.717) is 18.2 Å². The zero-order chi connectivity index (χ0) is 17.1. The third-order valence-electron chi connectivity index (χ3n) is 3.92. The van der Waals surface area contributed by atoms with Crippen LogP contribution in [-0.4, -0.2) is 10.2 Å². The highest BCUT2D eigenvalue weighted by molar-refractivity contribution is 9.10. The molecule has 3 nitrogen and oxygen atoms in total. The summed E-state index contributed by atoms with van der Waals surface area (Å²) in [6, 6.07) is 22.7. The van der Waals surface area contributed by atoms with Crippen LogP contribution in [-0.2, 0) is 6.42 Å². The average molecular weight is 391 g/mol. The topological polar surface area (TPSA) is 38.9 Å². The van der Waals surface area contributed by atoms with Crippen LogP contribution in [0.15, 0.2) is 75.6 Å². The molecule has 0 N–H and O–H groups in total. The van der Waals surface area contributed by atoms with Gasteiger partial charge in [-0.15, -0.1) is 10.2 Å². The van der Waals surface area contributed by atoms with E-state index in [1.54, 1.807) is 0 Å². The number of fused-ring (bicyclic) bond motifs is 1. The average Bonchev–Trinajstić information content (AvgIpc) is 3.07. The molecule has 4 aromatic rings. The molecule has 0 aliphatic heterocycles. The Morgan fingerprint density at radius 3 is 2.60 bits per heavy atom. The molecule has 0 aliphatic rings. The molecule has 0 bridgehead atoms. The quantitative estimate of drug-likeness (QED) is 0.445. The minimum atomic E-state index is 0.512. The molecule has 1 heterocycles. The van der Waals surface area contributed by atoms with Crippen LogP contribution >= 0.6 is 15.9 Å². The summed E-state index contributed by atoms with van der Waals surface area (Å²) < 4.78 is 6.75. The van der Waals surface area contributed by atoms with Crippen molar-refractivity contribution in [1.82, 2.24) is 10.2 Å². The summed E-state index contributed by atoms with van der Waals surface area (Å²) in [7, 11) is 0. The van der Waals surface area contributed by atoms with Crippen molar-refractivity contribution in [2.24, 2.45) is 0 Å². The Balaban J connectivity index is 1.50. The smallest absolute Gasteiger partial charge is 0.240 e. The summed E-state index contributed by atoms with van der Waals surface area (Å²) in [6.07, 6.45) is 4.46. The fourth-order valence-electron chi connectivity index (χ4n) is 2.71. The third-order valence-corrected chi connectivity index (χ3v) is 4.41. The highest BCUT2D eigenvalue weighted by atomic mass is 79.9. The van der Waals surface area contributed by atoms with Crippen molar-refractivity contribution in [3.05, 3.63) is 94.1 Å². The fraction of sp³-hybridized carbons (Fsp3) is 0.0476. The van der Waals surface area contributed by atoms with Crippen molar-refractivity contribution in [2.45, 2.75) is 6.42 Å². The SMILES string of the molecule is Brc1cccc(Cc2nnc(/C=C/c3ccc4ccccc4c3)o2)c1. The van der Waals surface area contributed by atoms with Crippen LogP contribution in [0.3, 0.4) is 0 Å². The second-order valence-electron chi connectivity index (χ2n) is 5.78. The van der Waals surface area contributed by atoms with Gasteiger partial charge in [0.1, 0.15) is 0 Å². The molecule has 0 radical (unpaired) electrons. The maximum Gasteiger partial charge on any atom is 0.240 e. The number of aromatic nitrogens is 2. The van der Waals surface area contributed by atoms with Gasteiger partial charge in [0.25, 0.3) is 0 Å². The number of nitrogens with zero attached hydrogens (tertiary/aromatic N) is 2. The second kappa shape index (κ2) is 7.03. The molecule has 3 aromatic carbocycles. The molecule has 122 valence electrons. The van der Waals surface area contributed by atoms with Gasteiger partial charge in [0.2, 0.25) is 11.8 Å². The van der Waals surface area contributed by atoms with Crippen LogP contribution in [0.4, 0.5) is 0 Å². The standard InChI is InChI=1S/C21H15BrN2O/c22-19-7-3-4-16(13-19)14-21-24-23-20(25-21)11-9-15-8-10-17-5-1-2-6-18(17)12-15/h1-13H,14H2/b11-9+. The van der Waals surface area contributed by atoms with E-state index in [-0.39, 0.29) is 0 Å². The van der Waals surface area contributed by atoms with Crippen LogP contribution in [0.1, 0.15) is 22.9 Å². The summed E-state index contributed by atoms with van der Waals surface area (Å²) in [4.78, 5) is 0. The van der Waals surface area contributed by atoms with E-state index >= 15 is 0 Å². The van der Waals surface area contributed by atoms with Gasteiger partial charge in [0.15, 0.2) is 0 Å². The maximum atomic E-state index is 5.71. The van der Waals surface area contributed by atoms with E-state index in [4.69, 9.17) is 4.42 Å². The van der Waals surface area contributed by atoms with Crippen molar-refractivity contribution in [2.75, 3.05) is 0 Å². The summed E-state index contributed by atoms with van der Waals surface area (Å²) in [5.41, 5.74) is 2.23. The van der Waals surface area contributed by atoms with Crippen LogP contribution in [0.2, 0.25) is 0 Å². The van der Waals surface area contributed by atoms with Crippen molar-refractivity contribution in [1.29, 1.82) is 0 Å². The lowest BCUT2D eigenvalue weighted by molar-refractivity contribution is 0.496.